The highest BCUT2D eigenvalue weighted by molar-refractivity contribution is 6.30. The van der Waals surface area contributed by atoms with Gasteiger partial charge in [-0.25, -0.2) is 0 Å². The molecule has 0 saturated carbocycles. The van der Waals surface area contributed by atoms with Gasteiger partial charge in [0.25, 0.3) is 0 Å². The van der Waals surface area contributed by atoms with Gasteiger partial charge >= 0.3 is 0 Å². The van der Waals surface area contributed by atoms with Gasteiger partial charge < -0.3 is 5.11 Å². The maximum absolute atomic E-state index is 12.7. The van der Waals surface area contributed by atoms with Gasteiger partial charge in [-0.1, -0.05) is 127 Å². The highest BCUT2D eigenvalue weighted by Crippen LogP contribution is 2.43. The van der Waals surface area contributed by atoms with Crippen LogP contribution in [-0.2, 0) is 5.60 Å². The number of aliphatic hydroxyl groups is 1. The maximum Gasteiger partial charge on any atom is 0.141 e. The Balaban J connectivity index is 1.62. The third-order valence-corrected chi connectivity index (χ3v) is 7.08. The van der Waals surface area contributed by atoms with Crippen molar-refractivity contribution in [1.29, 1.82) is 0 Å². The molecule has 1 unspecified atom stereocenters. The molecule has 0 fully saturated rings. The monoisotopic (exact) mass is 470 g/mol. The van der Waals surface area contributed by atoms with Crippen molar-refractivity contribution in [3.05, 3.63) is 155 Å². The summed E-state index contributed by atoms with van der Waals surface area (Å²) in [6.07, 6.45) is 0. The van der Waals surface area contributed by atoms with Gasteiger partial charge in [0.2, 0.25) is 0 Å². The van der Waals surface area contributed by atoms with Gasteiger partial charge in [0, 0.05) is 10.6 Å². The number of benzene rings is 6. The molecule has 0 aliphatic carbocycles. The number of fused-ring (bicyclic) bond motifs is 3. The lowest BCUT2D eigenvalue weighted by Crippen LogP contribution is -2.29. The van der Waals surface area contributed by atoms with Gasteiger partial charge in [-0.15, -0.1) is 0 Å². The first kappa shape index (κ1) is 21.6. The van der Waals surface area contributed by atoms with Crippen molar-refractivity contribution in [3.63, 3.8) is 0 Å². The predicted molar refractivity (Wildman–Crippen MR) is 147 cm³/mol. The van der Waals surface area contributed by atoms with Crippen molar-refractivity contribution < 1.29 is 5.11 Å². The minimum atomic E-state index is -1.35. The van der Waals surface area contributed by atoms with E-state index in [1.165, 1.54) is 16.2 Å². The smallest absolute Gasteiger partial charge is 0.141 e. The summed E-state index contributed by atoms with van der Waals surface area (Å²) in [4.78, 5) is 0. The molecule has 6 rings (SSSR count). The van der Waals surface area contributed by atoms with Crippen LogP contribution in [0.15, 0.2) is 133 Å². The number of hydrogen-bond donors (Lipinski definition) is 1. The Morgan fingerprint density at radius 1 is 0.514 bits per heavy atom. The fourth-order valence-electron chi connectivity index (χ4n) is 5.07. The molecular formula is C33H23ClO. The second-order valence-electron chi connectivity index (χ2n) is 8.85. The van der Waals surface area contributed by atoms with Crippen LogP contribution in [0.3, 0.4) is 0 Å². The summed E-state index contributed by atoms with van der Waals surface area (Å²) in [6.45, 7) is 0. The van der Waals surface area contributed by atoms with Gasteiger partial charge in [0.15, 0.2) is 0 Å². The van der Waals surface area contributed by atoms with Crippen LogP contribution in [-0.4, -0.2) is 5.11 Å². The lowest BCUT2D eigenvalue weighted by Gasteiger charge is -2.32. The first-order valence-electron chi connectivity index (χ1n) is 11.7. The van der Waals surface area contributed by atoms with Gasteiger partial charge in [-0.3, -0.25) is 0 Å². The molecular weight excluding hydrogens is 448 g/mol. The molecule has 2 heteroatoms. The van der Waals surface area contributed by atoms with E-state index in [1.54, 1.807) is 0 Å². The average molecular weight is 471 g/mol. The van der Waals surface area contributed by atoms with E-state index in [2.05, 4.69) is 60.7 Å². The minimum absolute atomic E-state index is 0.686. The van der Waals surface area contributed by atoms with Gasteiger partial charge in [-0.05, 0) is 62.0 Å². The SMILES string of the molecule is OC(c1ccccc1)(c1ccc2c(ccc3ccccc32)c1)c1ccccc1-c1ccc(Cl)cc1. The van der Waals surface area contributed by atoms with Crippen LogP contribution in [0.5, 0.6) is 0 Å². The highest BCUT2D eigenvalue weighted by Gasteiger charge is 2.36. The summed E-state index contributed by atoms with van der Waals surface area (Å²) in [5.41, 5.74) is 3.10. The van der Waals surface area contributed by atoms with E-state index in [9.17, 15) is 5.11 Å². The molecule has 0 radical (unpaired) electrons. The van der Waals surface area contributed by atoms with E-state index in [-0.39, 0.29) is 0 Å². The standard InChI is InChI=1S/C33H23ClO/c34-28-19-16-24(17-20-28)31-12-6-7-13-32(31)33(35,26-9-2-1-3-10-26)27-18-21-30-25(22-27)15-14-23-8-4-5-11-29(23)30/h1-22,35H. The van der Waals surface area contributed by atoms with E-state index >= 15 is 0 Å². The van der Waals surface area contributed by atoms with E-state index in [1.807, 2.05) is 72.8 Å². The molecule has 0 aliphatic heterocycles. The summed E-state index contributed by atoms with van der Waals surface area (Å²) >= 11 is 6.17. The molecule has 0 aliphatic rings. The van der Waals surface area contributed by atoms with E-state index in [0.717, 1.165) is 33.2 Å². The predicted octanol–water partition coefficient (Wildman–Crippen LogP) is 8.60. The molecule has 6 aromatic rings. The zero-order valence-electron chi connectivity index (χ0n) is 19.0. The van der Waals surface area contributed by atoms with Crippen molar-refractivity contribution in [2.75, 3.05) is 0 Å². The topological polar surface area (TPSA) is 20.2 Å². The van der Waals surface area contributed by atoms with E-state index in [0.29, 0.717) is 5.02 Å². The molecule has 0 amide bonds. The van der Waals surface area contributed by atoms with Gasteiger partial charge in [0.05, 0.1) is 0 Å². The maximum atomic E-state index is 12.7. The van der Waals surface area contributed by atoms with Gasteiger partial charge in [-0.2, -0.15) is 0 Å². The summed E-state index contributed by atoms with van der Waals surface area (Å²) < 4.78 is 0. The van der Waals surface area contributed by atoms with Crippen molar-refractivity contribution in [2.24, 2.45) is 0 Å². The zero-order valence-corrected chi connectivity index (χ0v) is 19.8. The fourth-order valence-corrected chi connectivity index (χ4v) is 5.20. The highest BCUT2D eigenvalue weighted by atomic mass is 35.5. The molecule has 6 aromatic carbocycles. The summed E-state index contributed by atoms with van der Waals surface area (Å²) in [5.74, 6) is 0. The van der Waals surface area contributed by atoms with Crippen LogP contribution in [0.2, 0.25) is 5.02 Å². The zero-order chi connectivity index (χ0) is 23.8. The van der Waals surface area contributed by atoms with Crippen LogP contribution in [0.4, 0.5) is 0 Å². The molecule has 35 heavy (non-hydrogen) atoms. The Morgan fingerprint density at radius 2 is 1.17 bits per heavy atom. The normalized spacial score (nSPS) is 13.1. The summed E-state index contributed by atoms with van der Waals surface area (Å²) in [5, 5.41) is 18.0. The summed E-state index contributed by atoms with van der Waals surface area (Å²) in [7, 11) is 0. The average Bonchev–Trinajstić information content (AvgIpc) is 2.93. The van der Waals surface area contributed by atoms with Crippen LogP contribution in [0.1, 0.15) is 16.7 Å². The van der Waals surface area contributed by atoms with Crippen molar-refractivity contribution in [3.8, 4) is 11.1 Å². The Hall–Kier alpha value is -3.91. The Labute approximate surface area is 209 Å². The second kappa shape index (κ2) is 8.70. The lowest BCUT2D eigenvalue weighted by molar-refractivity contribution is 0.126. The Morgan fingerprint density at radius 3 is 2.00 bits per heavy atom. The molecule has 168 valence electrons. The quantitative estimate of drug-likeness (QED) is 0.202. The van der Waals surface area contributed by atoms with E-state index in [4.69, 9.17) is 11.6 Å². The van der Waals surface area contributed by atoms with Crippen LogP contribution in [0, 0.1) is 0 Å². The van der Waals surface area contributed by atoms with Crippen LogP contribution in [0.25, 0.3) is 32.7 Å². The molecule has 0 saturated heterocycles. The van der Waals surface area contributed by atoms with Gasteiger partial charge in [0.1, 0.15) is 5.60 Å². The molecule has 1 N–H and O–H groups in total. The van der Waals surface area contributed by atoms with Crippen LogP contribution < -0.4 is 0 Å². The lowest BCUT2D eigenvalue weighted by atomic mass is 9.76. The van der Waals surface area contributed by atoms with Crippen molar-refractivity contribution >= 4 is 33.1 Å². The number of hydrogen-bond acceptors (Lipinski definition) is 1. The minimum Gasteiger partial charge on any atom is -0.376 e. The molecule has 1 nitrogen and oxygen atoms in total. The van der Waals surface area contributed by atoms with E-state index < -0.39 is 5.60 Å². The Kier molecular flexibility index (Phi) is 5.37. The third-order valence-electron chi connectivity index (χ3n) is 6.83. The number of rotatable bonds is 4. The molecule has 0 bridgehead atoms. The van der Waals surface area contributed by atoms with Crippen molar-refractivity contribution in [1.82, 2.24) is 0 Å². The van der Waals surface area contributed by atoms with Crippen molar-refractivity contribution in [2.45, 2.75) is 5.60 Å². The molecule has 0 spiro atoms. The second-order valence-corrected chi connectivity index (χ2v) is 9.29. The fraction of sp³-hybridized carbons (Fsp3) is 0.0303. The first-order chi connectivity index (χ1) is 17.1. The van der Waals surface area contributed by atoms with Crippen LogP contribution >= 0.6 is 11.6 Å². The number of halogens is 1. The Bertz CT molecular complexity index is 1650. The molecule has 1 atom stereocenters. The largest absolute Gasteiger partial charge is 0.376 e. The molecule has 0 heterocycles. The third kappa shape index (κ3) is 3.70. The molecule has 0 aromatic heterocycles. The summed E-state index contributed by atoms with van der Waals surface area (Å²) in [6, 6.07) is 44.7. The first-order valence-corrected chi connectivity index (χ1v) is 12.1.